The lowest BCUT2D eigenvalue weighted by molar-refractivity contribution is -0.134. The first-order valence-corrected chi connectivity index (χ1v) is 10.6. The minimum absolute atomic E-state index is 0.0652. The second kappa shape index (κ2) is 9.39. The molecule has 2 fully saturated rings. The SMILES string of the molecule is O=C(NCC1CCC2(CCN(C(=O)/C(F)=C/c3ccccc3)CC2)O1)c1ccccn1. The van der Waals surface area contributed by atoms with E-state index in [1.165, 1.54) is 6.08 Å². The highest BCUT2D eigenvalue weighted by Gasteiger charge is 2.43. The summed E-state index contributed by atoms with van der Waals surface area (Å²) in [6, 6.07) is 14.2. The number of halogens is 1. The van der Waals surface area contributed by atoms with Gasteiger partial charge in [0.2, 0.25) is 0 Å². The lowest BCUT2D eigenvalue weighted by Gasteiger charge is -2.39. The Kier molecular flexibility index (Phi) is 6.42. The Morgan fingerprint density at radius 1 is 1.13 bits per heavy atom. The topological polar surface area (TPSA) is 71.5 Å². The Morgan fingerprint density at radius 2 is 1.87 bits per heavy atom. The molecule has 3 heterocycles. The van der Waals surface area contributed by atoms with E-state index in [0.717, 1.165) is 12.8 Å². The van der Waals surface area contributed by atoms with Gasteiger partial charge in [0.05, 0.1) is 11.7 Å². The number of carbonyl (C=O) groups excluding carboxylic acids is 2. The summed E-state index contributed by atoms with van der Waals surface area (Å²) < 4.78 is 20.7. The predicted molar refractivity (Wildman–Crippen MR) is 115 cm³/mol. The molecule has 2 aromatic rings. The zero-order valence-electron chi connectivity index (χ0n) is 17.3. The number of nitrogens with zero attached hydrogens (tertiary/aromatic N) is 2. The molecule has 0 bridgehead atoms. The second-order valence-electron chi connectivity index (χ2n) is 8.08. The summed E-state index contributed by atoms with van der Waals surface area (Å²) in [6.45, 7) is 1.35. The zero-order chi connectivity index (χ0) is 21.7. The number of pyridine rings is 1. The summed E-state index contributed by atoms with van der Waals surface area (Å²) in [6.07, 6.45) is 5.86. The number of ether oxygens (including phenoxy) is 1. The summed E-state index contributed by atoms with van der Waals surface area (Å²) >= 11 is 0. The number of likely N-dealkylation sites (tertiary alicyclic amines) is 1. The molecule has 1 aromatic carbocycles. The highest BCUT2D eigenvalue weighted by atomic mass is 19.1. The first-order chi connectivity index (χ1) is 15.0. The monoisotopic (exact) mass is 423 g/mol. The summed E-state index contributed by atoms with van der Waals surface area (Å²) in [5.74, 6) is -1.54. The summed E-state index contributed by atoms with van der Waals surface area (Å²) in [7, 11) is 0. The molecule has 1 spiro atoms. The molecule has 1 aromatic heterocycles. The van der Waals surface area contributed by atoms with Gasteiger partial charge in [-0.05, 0) is 49.5 Å². The Bertz CT molecular complexity index is 941. The van der Waals surface area contributed by atoms with E-state index in [1.807, 2.05) is 6.07 Å². The van der Waals surface area contributed by atoms with Crippen LogP contribution in [0.1, 0.15) is 41.7 Å². The molecule has 31 heavy (non-hydrogen) atoms. The summed E-state index contributed by atoms with van der Waals surface area (Å²) in [5.41, 5.74) is 0.751. The minimum atomic E-state index is -0.746. The number of benzene rings is 1. The van der Waals surface area contributed by atoms with Crippen LogP contribution in [0.25, 0.3) is 6.08 Å². The first kappa shape index (κ1) is 21.2. The second-order valence-corrected chi connectivity index (χ2v) is 8.08. The Morgan fingerprint density at radius 3 is 2.58 bits per heavy atom. The average Bonchev–Trinajstić information content (AvgIpc) is 3.21. The number of hydrogen-bond donors (Lipinski definition) is 1. The van der Waals surface area contributed by atoms with Crippen molar-refractivity contribution in [1.82, 2.24) is 15.2 Å². The lowest BCUT2D eigenvalue weighted by atomic mass is 9.88. The maximum Gasteiger partial charge on any atom is 0.282 e. The zero-order valence-corrected chi connectivity index (χ0v) is 17.3. The highest BCUT2D eigenvalue weighted by molar-refractivity contribution is 5.95. The van der Waals surface area contributed by atoms with E-state index >= 15 is 0 Å². The third-order valence-electron chi connectivity index (χ3n) is 5.99. The van der Waals surface area contributed by atoms with Gasteiger partial charge in [0.25, 0.3) is 11.8 Å². The molecule has 2 aliphatic heterocycles. The van der Waals surface area contributed by atoms with Crippen LogP contribution in [0, 0.1) is 0 Å². The van der Waals surface area contributed by atoms with E-state index in [0.29, 0.717) is 43.7 Å². The standard InChI is InChI=1S/C24H26FN3O3/c25-20(16-18-6-2-1-3-7-18)23(30)28-14-11-24(12-15-28)10-9-19(31-24)17-27-22(29)21-8-4-5-13-26-21/h1-8,13,16,19H,9-12,14-15,17H2,(H,27,29)/b20-16-. The van der Waals surface area contributed by atoms with Crippen LogP contribution in [0.4, 0.5) is 4.39 Å². The quantitative estimate of drug-likeness (QED) is 0.749. The Labute approximate surface area is 181 Å². The van der Waals surface area contributed by atoms with Gasteiger partial charge < -0.3 is 15.0 Å². The van der Waals surface area contributed by atoms with Gasteiger partial charge in [0.15, 0.2) is 5.83 Å². The van der Waals surface area contributed by atoms with Crippen molar-refractivity contribution < 1.29 is 18.7 Å². The number of aromatic nitrogens is 1. The number of nitrogens with one attached hydrogen (secondary N) is 1. The van der Waals surface area contributed by atoms with Gasteiger partial charge in [-0.3, -0.25) is 14.6 Å². The van der Waals surface area contributed by atoms with Crippen molar-refractivity contribution >= 4 is 17.9 Å². The van der Waals surface area contributed by atoms with Gasteiger partial charge in [-0.1, -0.05) is 36.4 Å². The molecule has 4 rings (SSSR count). The molecule has 1 N–H and O–H groups in total. The van der Waals surface area contributed by atoms with Gasteiger partial charge >= 0.3 is 0 Å². The smallest absolute Gasteiger partial charge is 0.282 e. The fourth-order valence-electron chi connectivity index (χ4n) is 4.23. The molecular weight excluding hydrogens is 397 g/mol. The van der Waals surface area contributed by atoms with Crippen LogP contribution in [-0.2, 0) is 9.53 Å². The number of piperidine rings is 1. The molecule has 0 radical (unpaired) electrons. The molecule has 2 amide bonds. The van der Waals surface area contributed by atoms with Crippen molar-refractivity contribution in [2.75, 3.05) is 19.6 Å². The van der Waals surface area contributed by atoms with Gasteiger partial charge in [-0.15, -0.1) is 0 Å². The van der Waals surface area contributed by atoms with Crippen LogP contribution < -0.4 is 5.32 Å². The van der Waals surface area contributed by atoms with Crippen molar-refractivity contribution in [2.24, 2.45) is 0 Å². The van der Waals surface area contributed by atoms with E-state index in [-0.39, 0.29) is 17.6 Å². The molecule has 162 valence electrons. The molecule has 1 atom stereocenters. The van der Waals surface area contributed by atoms with Gasteiger partial charge in [0, 0.05) is 25.8 Å². The third-order valence-corrected chi connectivity index (χ3v) is 5.99. The van der Waals surface area contributed by atoms with E-state index in [2.05, 4.69) is 10.3 Å². The molecule has 7 heteroatoms. The van der Waals surface area contributed by atoms with Crippen LogP contribution in [0.5, 0.6) is 0 Å². The maximum atomic E-state index is 14.4. The maximum absolute atomic E-state index is 14.4. The lowest BCUT2D eigenvalue weighted by Crippen LogP contribution is -2.47. The number of rotatable bonds is 5. The molecule has 0 aliphatic carbocycles. The Hall–Kier alpha value is -3.06. The van der Waals surface area contributed by atoms with Crippen molar-refractivity contribution in [3.05, 3.63) is 71.8 Å². The molecule has 2 saturated heterocycles. The van der Waals surface area contributed by atoms with Crippen molar-refractivity contribution in [3.63, 3.8) is 0 Å². The highest BCUT2D eigenvalue weighted by Crippen LogP contribution is 2.39. The number of amides is 2. The van der Waals surface area contributed by atoms with E-state index in [4.69, 9.17) is 4.74 Å². The normalized spacial score (nSPS) is 20.6. The van der Waals surface area contributed by atoms with Crippen molar-refractivity contribution in [1.29, 1.82) is 0 Å². The van der Waals surface area contributed by atoms with Crippen molar-refractivity contribution in [2.45, 2.75) is 37.4 Å². The van der Waals surface area contributed by atoms with Crippen LogP contribution in [0.3, 0.4) is 0 Å². The molecular formula is C24H26FN3O3. The first-order valence-electron chi connectivity index (χ1n) is 10.6. The van der Waals surface area contributed by atoms with Crippen molar-refractivity contribution in [3.8, 4) is 0 Å². The molecule has 6 nitrogen and oxygen atoms in total. The predicted octanol–water partition coefficient (Wildman–Crippen LogP) is 3.36. The summed E-state index contributed by atoms with van der Waals surface area (Å²) in [4.78, 5) is 30.2. The minimum Gasteiger partial charge on any atom is -0.370 e. The third kappa shape index (κ3) is 5.17. The fourth-order valence-corrected chi connectivity index (χ4v) is 4.23. The van der Waals surface area contributed by atoms with Gasteiger partial charge in [0.1, 0.15) is 5.69 Å². The van der Waals surface area contributed by atoms with Gasteiger partial charge in [-0.25, -0.2) is 4.39 Å². The van der Waals surface area contributed by atoms with Gasteiger partial charge in [-0.2, -0.15) is 0 Å². The number of hydrogen-bond acceptors (Lipinski definition) is 4. The Balaban J connectivity index is 1.26. The van der Waals surface area contributed by atoms with E-state index in [1.54, 1.807) is 53.6 Å². The van der Waals surface area contributed by atoms with Crippen LogP contribution in [0.2, 0.25) is 0 Å². The molecule has 2 aliphatic rings. The van der Waals surface area contributed by atoms with Crippen LogP contribution >= 0.6 is 0 Å². The van der Waals surface area contributed by atoms with E-state index in [9.17, 15) is 14.0 Å². The summed E-state index contributed by atoms with van der Waals surface area (Å²) in [5, 5.41) is 2.88. The van der Waals surface area contributed by atoms with Crippen LogP contribution in [0.15, 0.2) is 60.6 Å². The molecule has 0 saturated carbocycles. The fraction of sp³-hybridized carbons (Fsp3) is 0.375. The molecule has 1 unspecified atom stereocenters. The average molecular weight is 423 g/mol. The van der Waals surface area contributed by atoms with E-state index < -0.39 is 11.7 Å². The van der Waals surface area contributed by atoms with Crippen LogP contribution in [-0.4, -0.2) is 53.0 Å². The largest absolute Gasteiger partial charge is 0.370 e. The number of carbonyl (C=O) groups is 2.